The lowest BCUT2D eigenvalue weighted by atomic mass is 9.86. The lowest BCUT2D eigenvalue weighted by Gasteiger charge is -2.29. The molecular formula is C20H28ClNO5. The third-order valence-electron chi connectivity index (χ3n) is 4.61. The van der Waals surface area contributed by atoms with Gasteiger partial charge in [-0.2, -0.15) is 0 Å². The number of benzene rings is 1. The molecule has 1 aromatic rings. The summed E-state index contributed by atoms with van der Waals surface area (Å²) in [6, 6.07) is 3.09. The standard InChI is InChI=1S/C20H28ClNO5/c1-12(2)27-19-15(21)9-14(10-17(19)25-4)20(24)26-11-18(23)22-16-8-6-5-7-13(16)3/h9-10,12-13,16H,5-8,11H2,1-4H3,(H,22,23). The van der Waals surface area contributed by atoms with Crippen LogP contribution in [0.15, 0.2) is 12.1 Å². The van der Waals surface area contributed by atoms with Crippen LogP contribution in [0.4, 0.5) is 0 Å². The molecule has 0 radical (unpaired) electrons. The van der Waals surface area contributed by atoms with Gasteiger partial charge < -0.3 is 19.5 Å². The fraction of sp³-hybridized carbons (Fsp3) is 0.600. The molecule has 7 heteroatoms. The first kappa shape index (κ1) is 21.4. The van der Waals surface area contributed by atoms with Gasteiger partial charge in [0.05, 0.1) is 23.8 Å². The fourth-order valence-corrected chi connectivity index (χ4v) is 3.44. The number of hydrogen-bond acceptors (Lipinski definition) is 5. The number of methoxy groups -OCH3 is 1. The predicted molar refractivity (Wildman–Crippen MR) is 104 cm³/mol. The fourth-order valence-electron chi connectivity index (χ4n) is 3.18. The van der Waals surface area contributed by atoms with E-state index in [9.17, 15) is 9.59 Å². The van der Waals surface area contributed by atoms with Crippen LogP contribution in [0.3, 0.4) is 0 Å². The van der Waals surface area contributed by atoms with Gasteiger partial charge in [-0.1, -0.05) is 31.4 Å². The molecule has 1 aromatic carbocycles. The highest BCUT2D eigenvalue weighted by Gasteiger charge is 2.23. The molecule has 0 aliphatic heterocycles. The monoisotopic (exact) mass is 397 g/mol. The Bertz CT molecular complexity index is 677. The average Bonchev–Trinajstić information content (AvgIpc) is 2.62. The molecular weight excluding hydrogens is 370 g/mol. The minimum Gasteiger partial charge on any atom is -0.493 e. The van der Waals surface area contributed by atoms with Gasteiger partial charge in [-0.25, -0.2) is 4.79 Å². The minimum atomic E-state index is -0.641. The summed E-state index contributed by atoms with van der Waals surface area (Å²) in [4.78, 5) is 24.4. The summed E-state index contributed by atoms with van der Waals surface area (Å²) in [5.74, 6) is 0.214. The Labute approximate surface area is 165 Å². The number of carbonyl (C=O) groups is 2. The van der Waals surface area contributed by atoms with Crippen LogP contribution in [0.2, 0.25) is 5.02 Å². The van der Waals surface area contributed by atoms with E-state index >= 15 is 0 Å². The van der Waals surface area contributed by atoms with Gasteiger partial charge in [-0.15, -0.1) is 0 Å². The Hall–Kier alpha value is -1.95. The third kappa shape index (κ3) is 6.03. The smallest absolute Gasteiger partial charge is 0.338 e. The number of rotatable bonds is 7. The number of esters is 1. The van der Waals surface area contributed by atoms with E-state index < -0.39 is 5.97 Å². The summed E-state index contributed by atoms with van der Waals surface area (Å²) < 4.78 is 16.0. The first-order valence-corrected chi connectivity index (χ1v) is 9.70. The zero-order valence-corrected chi connectivity index (χ0v) is 17.1. The molecule has 2 atom stereocenters. The zero-order valence-electron chi connectivity index (χ0n) is 16.3. The Morgan fingerprint density at radius 3 is 2.59 bits per heavy atom. The van der Waals surface area contributed by atoms with Crippen molar-refractivity contribution in [2.75, 3.05) is 13.7 Å². The van der Waals surface area contributed by atoms with Gasteiger partial charge in [0.15, 0.2) is 18.1 Å². The predicted octanol–water partition coefficient (Wildman–Crippen LogP) is 3.99. The third-order valence-corrected chi connectivity index (χ3v) is 4.89. The van der Waals surface area contributed by atoms with Crippen molar-refractivity contribution >= 4 is 23.5 Å². The van der Waals surface area contributed by atoms with Gasteiger partial charge in [0.1, 0.15) is 0 Å². The van der Waals surface area contributed by atoms with Gasteiger partial charge in [0.25, 0.3) is 5.91 Å². The minimum absolute atomic E-state index is 0.0972. The van der Waals surface area contributed by atoms with Crippen LogP contribution in [0.25, 0.3) is 0 Å². The SMILES string of the molecule is COc1cc(C(=O)OCC(=O)NC2CCCCC2C)cc(Cl)c1OC(C)C. The van der Waals surface area contributed by atoms with Crippen LogP contribution in [0.1, 0.15) is 56.8 Å². The van der Waals surface area contributed by atoms with Crippen molar-refractivity contribution in [3.05, 3.63) is 22.7 Å². The molecule has 6 nitrogen and oxygen atoms in total. The highest BCUT2D eigenvalue weighted by Crippen LogP contribution is 2.37. The Balaban J connectivity index is 1.97. The summed E-state index contributed by atoms with van der Waals surface area (Å²) in [6.45, 7) is 5.53. The van der Waals surface area contributed by atoms with Crippen molar-refractivity contribution in [2.24, 2.45) is 5.92 Å². The van der Waals surface area contributed by atoms with E-state index in [0.717, 1.165) is 19.3 Å². The Morgan fingerprint density at radius 2 is 1.96 bits per heavy atom. The second-order valence-corrected chi connectivity index (χ2v) is 7.58. The van der Waals surface area contributed by atoms with Crippen LogP contribution in [0, 0.1) is 5.92 Å². The second kappa shape index (κ2) is 9.83. The molecule has 1 aliphatic rings. The molecule has 1 aliphatic carbocycles. The number of amides is 1. The molecule has 150 valence electrons. The van der Waals surface area contributed by atoms with E-state index in [1.54, 1.807) is 0 Å². The van der Waals surface area contributed by atoms with Crippen LogP contribution in [-0.2, 0) is 9.53 Å². The van der Waals surface area contributed by atoms with Crippen LogP contribution in [0.5, 0.6) is 11.5 Å². The number of ether oxygens (including phenoxy) is 3. The Morgan fingerprint density at radius 1 is 1.26 bits per heavy atom. The first-order valence-electron chi connectivity index (χ1n) is 9.32. The lowest BCUT2D eigenvalue weighted by Crippen LogP contribution is -2.42. The molecule has 0 saturated heterocycles. The largest absolute Gasteiger partial charge is 0.493 e. The summed E-state index contributed by atoms with van der Waals surface area (Å²) in [6.07, 6.45) is 4.28. The molecule has 1 amide bonds. The van der Waals surface area contributed by atoms with Crippen molar-refractivity contribution in [2.45, 2.75) is 58.6 Å². The van der Waals surface area contributed by atoms with Crippen LogP contribution >= 0.6 is 11.6 Å². The molecule has 1 saturated carbocycles. The van der Waals surface area contributed by atoms with Crippen molar-refractivity contribution in [3.8, 4) is 11.5 Å². The number of hydrogen-bond donors (Lipinski definition) is 1. The van der Waals surface area contributed by atoms with Gasteiger partial charge >= 0.3 is 5.97 Å². The van der Waals surface area contributed by atoms with Crippen LogP contribution in [-0.4, -0.2) is 37.7 Å². The lowest BCUT2D eigenvalue weighted by molar-refractivity contribution is -0.125. The highest BCUT2D eigenvalue weighted by molar-refractivity contribution is 6.32. The summed E-state index contributed by atoms with van der Waals surface area (Å²) in [7, 11) is 1.47. The van der Waals surface area contributed by atoms with E-state index in [-0.39, 0.29) is 35.2 Å². The molecule has 2 rings (SSSR count). The van der Waals surface area contributed by atoms with E-state index in [1.165, 1.54) is 25.7 Å². The molecule has 0 heterocycles. The molecule has 27 heavy (non-hydrogen) atoms. The average molecular weight is 398 g/mol. The zero-order chi connectivity index (χ0) is 20.0. The van der Waals surface area contributed by atoms with Gasteiger partial charge in [0, 0.05) is 6.04 Å². The van der Waals surface area contributed by atoms with Gasteiger partial charge in [-0.05, 0) is 44.7 Å². The second-order valence-electron chi connectivity index (χ2n) is 7.17. The van der Waals surface area contributed by atoms with E-state index in [1.807, 2.05) is 13.8 Å². The highest BCUT2D eigenvalue weighted by atomic mass is 35.5. The quantitative estimate of drug-likeness (QED) is 0.704. The van der Waals surface area contributed by atoms with E-state index in [2.05, 4.69) is 12.2 Å². The summed E-state index contributed by atoms with van der Waals surface area (Å²) >= 11 is 6.22. The van der Waals surface area contributed by atoms with Gasteiger partial charge in [-0.3, -0.25) is 4.79 Å². The summed E-state index contributed by atoms with van der Waals surface area (Å²) in [5, 5.41) is 3.20. The summed E-state index contributed by atoms with van der Waals surface area (Å²) in [5.41, 5.74) is 0.201. The maximum atomic E-state index is 12.3. The van der Waals surface area contributed by atoms with Crippen molar-refractivity contribution in [1.29, 1.82) is 0 Å². The topological polar surface area (TPSA) is 73.9 Å². The molecule has 0 aromatic heterocycles. The first-order chi connectivity index (χ1) is 12.8. The van der Waals surface area contributed by atoms with Crippen molar-refractivity contribution in [1.82, 2.24) is 5.32 Å². The molecule has 2 unspecified atom stereocenters. The van der Waals surface area contributed by atoms with Crippen molar-refractivity contribution in [3.63, 3.8) is 0 Å². The van der Waals surface area contributed by atoms with E-state index in [4.69, 9.17) is 25.8 Å². The van der Waals surface area contributed by atoms with Gasteiger partial charge in [0.2, 0.25) is 0 Å². The number of nitrogens with one attached hydrogen (secondary N) is 1. The maximum Gasteiger partial charge on any atom is 0.338 e. The van der Waals surface area contributed by atoms with Crippen molar-refractivity contribution < 1.29 is 23.8 Å². The number of carbonyl (C=O) groups excluding carboxylic acids is 2. The molecule has 1 N–H and O–H groups in total. The van der Waals surface area contributed by atoms with E-state index in [0.29, 0.717) is 17.4 Å². The van der Waals surface area contributed by atoms with Crippen LogP contribution < -0.4 is 14.8 Å². The molecule has 0 spiro atoms. The molecule has 1 fully saturated rings. The maximum absolute atomic E-state index is 12.3. The molecule has 0 bridgehead atoms. The number of halogens is 1. The normalized spacial score (nSPS) is 19.5. The Kier molecular flexibility index (Phi) is 7.78.